The number of rotatable bonds is 5. The van der Waals surface area contributed by atoms with Crippen LogP contribution in [-0.2, 0) is 6.42 Å². The molecule has 0 saturated heterocycles. The van der Waals surface area contributed by atoms with Crippen LogP contribution in [0.3, 0.4) is 0 Å². The molecule has 0 saturated carbocycles. The van der Waals surface area contributed by atoms with Gasteiger partial charge in [-0.2, -0.15) is 0 Å². The Kier molecular flexibility index (Phi) is 7.63. The lowest BCUT2D eigenvalue weighted by Gasteiger charge is -2.14. The average Bonchev–Trinajstić information content (AvgIpc) is 3.69. The molecule has 0 radical (unpaired) electrons. The molecule has 0 spiro atoms. The molecule has 59 heavy (non-hydrogen) atoms. The van der Waals surface area contributed by atoms with E-state index in [4.69, 9.17) is 19.4 Å². The van der Waals surface area contributed by atoms with Crippen molar-refractivity contribution < 1.29 is 4.42 Å². The van der Waals surface area contributed by atoms with Crippen LogP contribution in [0.2, 0.25) is 0 Å². The fraction of sp³-hybridized carbons (Fsp3) is 0.0364. The first kappa shape index (κ1) is 33.4. The number of hydrogen-bond donors (Lipinski definition) is 0. The van der Waals surface area contributed by atoms with Gasteiger partial charge >= 0.3 is 0 Å². The lowest BCUT2D eigenvalue weighted by Crippen LogP contribution is -2.00. The molecule has 4 nitrogen and oxygen atoms in total. The number of fused-ring (bicyclic) bond motifs is 8. The first-order valence-electron chi connectivity index (χ1n) is 20.2. The quantitative estimate of drug-likeness (QED) is 0.176. The highest BCUT2D eigenvalue weighted by atomic mass is 16.3. The number of nitrogens with zero attached hydrogens (tertiary/aromatic N) is 3. The van der Waals surface area contributed by atoms with Gasteiger partial charge in [0.05, 0.1) is 0 Å². The smallest absolute Gasteiger partial charge is 0.164 e. The summed E-state index contributed by atoms with van der Waals surface area (Å²) in [6.45, 7) is 0. The number of aryl methyl sites for hydroxylation is 1. The van der Waals surface area contributed by atoms with Gasteiger partial charge in [-0.3, -0.25) is 0 Å². The van der Waals surface area contributed by atoms with Crippen molar-refractivity contribution in [2.75, 3.05) is 0 Å². The van der Waals surface area contributed by atoms with E-state index in [1.807, 2.05) is 12.1 Å². The van der Waals surface area contributed by atoms with E-state index in [1.54, 1.807) is 0 Å². The Morgan fingerprint density at radius 1 is 0.390 bits per heavy atom. The van der Waals surface area contributed by atoms with Gasteiger partial charge in [0, 0.05) is 27.5 Å². The second-order valence-corrected chi connectivity index (χ2v) is 15.5. The Morgan fingerprint density at radius 2 is 0.983 bits per heavy atom. The highest BCUT2D eigenvalue weighted by molar-refractivity contribution is 6.14. The minimum Gasteiger partial charge on any atom is -0.456 e. The Hall–Kier alpha value is -7.69. The lowest BCUT2D eigenvalue weighted by atomic mass is 9.91. The second-order valence-electron chi connectivity index (χ2n) is 15.5. The van der Waals surface area contributed by atoms with Crippen LogP contribution in [0.5, 0.6) is 0 Å². The third-order valence-corrected chi connectivity index (χ3v) is 11.9. The number of hydrogen-bond acceptors (Lipinski definition) is 4. The van der Waals surface area contributed by atoms with E-state index in [1.165, 1.54) is 27.3 Å². The predicted molar refractivity (Wildman–Crippen MR) is 244 cm³/mol. The van der Waals surface area contributed by atoms with Crippen LogP contribution >= 0.6 is 0 Å². The minimum absolute atomic E-state index is 0.639. The zero-order valence-electron chi connectivity index (χ0n) is 32.1. The highest BCUT2D eigenvalue weighted by Gasteiger charge is 2.18. The number of aromatic nitrogens is 3. The fourth-order valence-corrected chi connectivity index (χ4v) is 8.92. The molecule has 0 aliphatic heterocycles. The molecule has 4 heteroatoms. The maximum atomic E-state index is 6.45. The highest BCUT2D eigenvalue weighted by Crippen LogP contribution is 2.41. The first-order valence-corrected chi connectivity index (χ1v) is 20.2. The van der Waals surface area contributed by atoms with Crippen LogP contribution in [0, 0.1) is 0 Å². The van der Waals surface area contributed by atoms with Gasteiger partial charge < -0.3 is 4.42 Å². The van der Waals surface area contributed by atoms with E-state index in [-0.39, 0.29) is 0 Å². The molecule has 1 aliphatic carbocycles. The standard InChI is InChI=1S/C55H35N3O/c1-2-10-34(11-3-1)45-32-49(52-48-16-8-9-17-50(48)59-51(52)33-45)41-23-20-39-30-43(25-21-38(39)28-41)54-56-53(42-24-18-35-12-4-5-14-37(35)29-42)57-55(58-54)44-26-27-47-40(31-44)22-19-36-13-6-7-15-46(36)47/h1-5,7-12,14-33H,6,13H2. The molecule has 1 aliphatic rings. The van der Waals surface area contributed by atoms with Crippen molar-refractivity contribution in [2.45, 2.75) is 12.8 Å². The van der Waals surface area contributed by atoms with Gasteiger partial charge in [0.2, 0.25) is 0 Å². The summed E-state index contributed by atoms with van der Waals surface area (Å²) < 4.78 is 6.45. The van der Waals surface area contributed by atoms with Gasteiger partial charge in [-0.15, -0.1) is 0 Å². The fourth-order valence-electron chi connectivity index (χ4n) is 8.92. The van der Waals surface area contributed by atoms with Gasteiger partial charge in [0.25, 0.3) is 0 Å². The monoisotopic (exact) mass is 753 g/mol. The Morgan fingerprint density at radius 3 is 1.76 bits per heavy atom. The van der Waals surface area contributed by atoms with Gasteiger partial charge in [0.15, 0.2) is 17.5 Å². The predicted octanol–water partition coefficient (Wildman–Crippen LogP) is 14.5. The summed E-state index contributed by atoms with van der Waals surface area (Å²) in [5.41, 5.74) is 11.9. The van der Waals surface area contributed by atoms with Crippen LogP contribution < -0.4 is 0 Å². The summed E-state index contributed by atoms with van der Waals surface area (Å²) in [4.78, 5) is 15.5. The van der Waals surface area contributed by atoms with Gasteiger partial charge in [0.1, 0.15) is 11.2 Å². The molecule has 0 bridgehead atoms. The maximum Gasteiger partial charge on any atom is 0.164 e. The number of allylic oxidation sites excluding steroid dienone is 1. The summed E-state index contributed by atoms with van der Waals surface area (Å²) in [7, 11) is 0. The van der Waals surface area contributed by atoms with E-state index in [0.29, 0.717) is 17.5 Å². The molecule has 2 heterocycles. The van der Waals surface area contributed by atoms with Gasteiger partial charge in [-0.25, -0.2) is 15.0 Å². The molecule has 12 rings (SSSR count). The zero-order valence-corrected chi connectivity index (χ0v) is 32.1. The van der Waals surface area contributed by atoms with Crippen LogP contribution in [-0.4, -0.2) is 15.0 Å². The van der Waals surface area contributed by atoms with Gasteiger partial charge in [-0.1, -0.05) is 146 Å². The second kappa shape index (κ2) is 13.5. The molecule has 0 unspecified atom stereocenters. The first-order chi connectivity index (χ1) is 29.2. The Bertz CT molecular complexity index is 3510. The number of furan rings is 1. The van der Waals surface area contributed by atoms with Crippen molar-refractivity contribution >= 4 is 60.3 Å². The van der Waals surface area contributed by atoms with Crippen molar-refractivity contribution in [2.24, 2.45) is 0 Å². The topological polar surface area (TPSA) is 51.8 Å². The SMILES string of the molecule is C1=Cc2c(ccc3cc(-c4nc(-c5ccc6ccccc6c5)nc(-c5ccc6cc(-c7cc(-c8ccccc8)cc8oc9ccccc9c78)ccc6c5)n4)ccc23)CC1. The van der Waals surface area contributed by atoms with Crippen LogP contribution in [0.25, 0.3) is 117 Å². The van der Waals surface area contributed by atoms with Crippen molar-refractivity contribution in [3.05, 3.63) is 193 Å². The average molecular weight is 754 g/mol. The summed E-state index contributed by atoms with van der Waals surface area (Å²) in [6.07, 6.45) is 6.71. The molecular formula is C55H35N3O. The Labute approximate surface area is 340 Å². The van der Waals surface area contributed by atoms with E-state index in [0.717, 1.165) is 89.9 Å². The van der Waals surface area contributed by atoms with Crippen LogP contribution in [0.1, 0.15) is 17.5 Å². The normalized spacial score (nSPS) is 12.5. The van der Waals surface area contributed by atoms with E-state index in [2.05, 4.69) is 176 Å². The van der Waals surface area contributed by atoms with Crippen LogP contribution in [0.4, 0.5) is 0 Å². The van der Waals surface area contributed by atoms with E-state index in [9.17, 15) is 0 Å². The third-order valence-electron chi connectivity index (χ3n) is 11.9. The van der Waals surface area contributed by atoms with Crippen molar-refractivity contribution in [1.82, 2.24) is 15.0 Å². The molecule has 0 fully saturated rings. The van der Waals surface area contributed by atoms with Crippen molar-refractivity contribution in [3.8, 4) is 56.4 Å². The third kappa shape index (κ3) is 5.80. The van der Waals surface area contributed by atoms with E-state index >= 15 is 0 Å². The molecule has 2 aromatic heterocycles. The van der Waals surface area contributed by atoms with Gasteiger partial charge in [-0.05, 0) is 121 Å². The molecule has 276 valence electrons. The molecule has 0 N–H and O–H groups in total. The molecule has 11 aromatic rings. The molecule has 0 amide bonds. The lowest BCUT2D eigenvalue weighted by molar-refractivity contribution is 0.669. The van der Waals surface area contributed by atoms with Crippen LogP contribution in [0.15, 0.2) is 186 Å². The minimum atomic E-state index is 0.639. The summed E-state index contributed by atoms with van der Waals surface area (Å²) >= 11 is 0. The summed E-state index contributed by atoms with van der Waals surface area (Å²) in [5, 5.41) is 9.24. The summed E-state index contributed by atoms with van der Waals surface area (Å²) in [5.74, 6) is 1.94. The maximum absolute atomic E-state index is 6.45. The zero-order chi connectivity index (χ0) is 38.9. The number of benzene rings is 9. The summed E-state index contributed by atoms with van der Waals surface area (Å²) in [6, 6.07) is 62.5. The molecular weight excluding hydrogens is 719 g/mol. The van der Waals surface area contributed by atoms with Crippen molar-refractivity contribution in [3.63, 3.8) is 0 Å². The molecule has 9 aromatic carbocycles. The van der Waals surface area contributed by atoms with Crippen molar-refractivity contribution in [1.29, 1.82) is 0 Å². The number of para-hydroxylation sites is 1. The van der Waals surface area contributed by atoms with E-state index < -0.39 is 0 Å². The Balaban J connectivity index is 0.992. The molecule has 0 atom stereocenters. The largest absolute Gasteiger partial charge is 0.456 e.